The third kappa shape index (κ3) is 3.46. The Morgan fingerprint density at radius 3 is 2.79 bits per heavy atom. The fourth-order valence-electron chi connectivity index (χ4n) is 2.77. The molecule has 1 aliphatic carbocycles. The predicted octanol–water partition coefficient (Wildman–Crippen LogP) is 4.20. The maximum atomic E-state index is 12.5. The third-order valence-corrected chi connectivity index (χ3v) is 6.17. The molecule has 1 aromatic carbocycles. The number of carbonyl (C=O) groups is 2. The van der Waals surface area contributed by atoms with Crippen LogP contribution in [0.15, 0.2) is 35.7 Å². The van der Waals surface area contributed by atoms with Crippen LogP contribution in [0.3, 0.4) is 0 Å². The quantitative estimate of drug-likeness (QED) is 0.654. The average Bonchev–Trinajstić information content (AvgIpc) is 3.08. The number of ether oxygens (including phenoxy) is 2. The van der Waals surface area contributed by atoms with Crippen molar-refractivity contribution in [3.8, 4) is 22.8 Å². The lowest BCUT2D eigenvalue weighted by Crippen LogP contribution is -2.12. The summed E-state index contributed by atoms with van der Waals surface area (Å²) >= 11 is 2.60. The van der Waals surface area contributed by atoms with Crippen molar-refractivity contribution in [2.75, 3.05) is 17.4 Å². The lowest BCUT2D eigenvalue weighted by atomic mass is 10.1. The second kappa shape index (κ2) is 6.92. The highest BCUT2D eigenvalue weighted by atomic mass is 32.1. The van der Waals surface area contributed by atoms with Crippen molar-refractivity contribution in [2.24, 2.45) is 5.92 Å². The van der Waals surface area contributed by atoms with Crippen molar-refractivity contribution in [3.63, 3.8) is 0 Å². The van der Waals surface area contributed by atoms with Crippen molar-refractivity contribution in [2.45, 2.75) is 12.8 Å². The number of nitrogens with zero attached hydrogens (tertiary/aromatic N) is 1. The molecule has 3 heterocycles. The highest BCUT2D eigenvalue weighted by molar-refractivity contribution is 7.18. The van der Waals surface area contributed by atoms with E-state index in [0.717, 1.165) is 29.8 Å². The van der Waals surface area contributed by atoms with E-state index < -0.39 is 0 Å². The number of anilines is 2. The minimum Gasteiger partial charge on any atom is -0.454 e. The summed E-state index contributed by atoms with van der Waals surface area (Å²) in [5, 5.41) is 8.74. The van der Waals surface area contributed by atoms with E-state index >= 15 is 0 Å². The van der Waals surface area contributed by atoms with Crippen molar-refractivity contribution in [1.29, 1.82) is 0 Å². The Labute approximate surface area is 168 Å². The fourth-order valence-corrected chi connectivity index (χ4v) is 4.29. The van der Waals surface area contributed by atoms with Gasteiger partial charge >= 0.3 is 0 Å². The second-order valence-corrected chi connectivity index (χ2v) is 8.43. The van der Waals surface area contributed by atoms with Crippen molar-refractivity contribution < 1.29 is 19.1 Å². The first-order chi connectivity index (χ1) is 13.7. The van der Waals surface area contributed by atoms with Crippen LogP contribution in [0.25, 0.3) is 11.3 Å². The Balaban J connectivity index is 1.26. The van der Waals surface area contributed by atoms with Crippen molar-refractivity contribution in [1.82, 2.24) is 4.98 Å². The molecule has 0 radical (unpaired) electrons. The number of thiazole rings is 1. The SMILES string of the molecule is O=C(Nc1nc(-c2ccc3c(c2)OCO3)cs1)c1ccc(NC(=O)C2CC2)s1. The number of nitrogens with one attached hydrogen (secondary N) is 2. The van der Waals surface area contributed by atoms with Crippen LogP contribution in [0.2, 0.25) is 0 Å². The Bertz CT molecular complexity index is 1070. The Morgan fingerprint density at radius 2 is 1.93 bits per heavy atom. The van der Waals surface area contributed by atoms with E-state index in [9.17, 15) is 9.59 Å². The molecular weight excluding hydrogens is 398 g/mol. The van der Waals surface area contributed by atoms with E-state index in [4.69, 9.17) is 9.47 Å². The highest BCUT2D eigenvalue weighted by Gasteiger charge is 2.30. The lowest BCUT2D eigenvalue weighted by Gasteiger charge is -2.01. The second-order valence-electron chi connectivity index (χ2n) is 6.49. The maximum absolute atomic E-state index is 12.5. The van der Waals surface area contributed by atoms with E-state index in [1.54, 1.807) is 12.1 Å². The van der Waals surface area contributed by atoms with Gasteiger partial charge in [0.2, 0.25) is 12.7 Å². The van der Waals surface area contributed by atoms with Gasteiger partial charge in [0.25, 0.3) is 5.91 Å². The molecule has 1 aliphatic heterocycles. The molecule has 0 saturated heterocycles. The first-order valence-corrected chi connectivity index (χ1v) is 10.4. The normalized spacial score (nSPS) is 14.7. The van der Waals surface area contributed by atoms with Gasteiger partial charge in [-0.25, -0.2) is 4.98 Å². The lowest BCUT2D eigenvalue weighted by molar-refractivity contribution is -0.117. The molecule has 5 rings (SSSR count). The zero-order chi connectivity index (χ0) is 19.1. The van der Waals surface area contributed by atoms with E-state index in [2.05, 4.69) is 15.6 Å². The summed E-state index contributed by atoms with van der Waals surface area (Å²) in [6.45, 7) is 0.223. The summed E-state index contributed by atoms with van der Waals surface area (Å²) in [7, 11) is 0. The van der Waals surface area contributed by atoms with Crippen LogP contribution >= 0.6 is 22.7 Å². The van der Waals surface area contributed by atoms with E-state index in [-0.39, 0.29) is 24.5 Å². The number of amides is 2. The molecule has 28 heavy (non-hydrogen) atoms. The Morgan fingerprint density at radius 1 is 1.07 bits per heavy atom. The van der Waals surface area contributed by atoms with Crippen molar-refractivity contribution in [3.05, 3.63) is 40.6 Å². The monoisotopic (exact) mass is 413 g/mol. The summed E-state index contributed by atoms with van der Waals surface area (Å²) in [5.41, 5.74) is 1.64. The Kier molecular flexibility index (Phi) is 4.25. The van der Waals surface area contributed by atoms with Gasteiger partial charge in [-0.1, -0.05) is 0 Å². The topological polar surface area (TPSA) is 89.6 Å². The minimum atomic E-state index is -0.247. The molecule has 0 unspecified atom stereocenters. The largest absolute Gasteiger partial charge is 0.454 e. The molecule has 9 heteroatoms. The fraction of sp³-hybridized carbons (Fsp3) is 0.211. The van der Waals surface area contributed by atoms with Crippen LogP contribution in [0, 0.1) is 5.92 Å². The molecule has 0 spiro atoms. The van der Waals surface area contributed by atoms with Gasteiger partial charge in [-0.15, -0.1) is 22.7 Å². The Hall–Kier alpha value is -2.91. The first kappa shape index (κ1) is 17.2. The van der Waals surface area contributed by atoms with Gasteiger partial charge in [-0.3, -0.25) is 14.9 Å². The number of benzene rings is 1. The van der Waals surface area contributed by atoms with Crippen LogP contribution in [0.5, 0.6) is 11.5 Å². The number of thiophene rings is 1. The van der Waals surface area contributed by atoms with Gasteiger partial charge in [0.1, 0.15) is 0 Å². The van der Waals surface area contributed by atoms with Gasteiger partial charge in [-0.05, 0) is 43.2 Å². The average molecular weight is 413 g/mol. The molecular formula is C19H15N3O4S2. The van der Waals surface area contributed by atoms with Gasteiger partial charge in [0, 0.05) is 16.9 Å². The van der Waals surface area contributed by atoms with Gasteiger partial charge in [0.15, 0.2) is 16.6 Å². The number of hydrogen-bond donors (Lipinski definition) is 2. The number of aromatic nitrogens is 1. The summed E-state index contributed by atoms with van der Waals surface area (Å²) in [6, 6.07) is 9.08. The van der Waals surface area contributed by atoms with Gasteiger partial charge < -0.3 is 14.8 Å². The standard InChI is InChI=1S/C19H15N3O4S2/c23-17(10-1-2-10)21-16-6-5-15(28-16)18(24)22-19-20-12(8-27-19)11-3-4-13-14(7-11)26-9-25-13/h3-8,10H,1-2,9H2,(H,21,23)(H,20,22,24). The highest BCUT2D eigenvalue weighted by Crippen LogP contribution is 2.37. The molecule has 2 aromatic heterocycles. The number of rotatable bonds is 5. The number of hydrogen-bond acceptors (Lipinski definition) is 7. The summed E-state index contributed by atoms with van der Waals surface area (Å²) in [6.07, 6.45) is 1.89. The number of fused-ring (bicyclic) bond motifs is 1. The predicted molar refractivity (Wildman–Crippen MR) is 107 cm³/mol. The zero-order valence-corrected chi connectivity index (χ0v) is 16.2. The minimum absolute atomic E-state index is 0.0297. The molecule has 0 bridgehead atoms. The van der Waals surface area contributed by atoms with Crippen molar-refractivity contribution >= 4 is 44.6 Å². The van der Waals surface area contributed by atoms with Crippen LogP contribution in [0.4, 0.5) is 10.1 Å². The molecule has 0 atom stereocenters. The molecule has 3 aromatic rings. The molecule has 1 saturated carbocycles. The van der Waals surface area contributed by atoms with Crippen LogP contribution < -0.4 is 20.1 Å². The summed E-state index contributed by atoms with van der Waals surface area (Å²) < 4.78 is 10.7. The zero-order valence-electron chi connectivity index (χ0n) is 14.6. The molecule has 7 nitrogen and oxygen atoms in total. The van der Waals surface area contributed by atoms with E-state index in [0.29, 0.717) is 20.8 Å². The maximum Gasteiger partial charge on any atom is 0.267 e. The molecule has 142 valence electrons. The summed E-state index contributed by atoms with van der Waals surface area (Å²) in [5.74, 6) is 1.32. The molecule has 2 amide bonds. The van der Waals surface area contributed by atoms with Gasteiger partial charge in [-0.2, -0.15) is 0 Å². The number of carbonyl (C=O) groups excluding carboxylic acids is 2. The van der Waals surface area contributed by atoms with Crippen LogP contribution in [-0.2, 0) is 4.79 Å². The van der Waals surface area contributed by atoms with Crippen LogP contribution in [0.1, 0.15) is 22.5 Å². The molecule has 2 aliphatic rings. The summed E-state index contributed by atoms with van der Waals surface area (Å²) in [4.78, 5) is 29.3. The first-order valence-electron chi connectivity index (χ1n) is 8.73. The molecule has 1 fully saturated rings. The van der Waals surface area contributed by atoms with Gasteiger partial charge in [0.05, 0.1) is 15.6 Å². The van der Waals surface area contributed by atoms with Crippen LogP contribution in [-0.4, -0.2) is 23.6 Å². The molecule has 2 N–H and O–H groups in total. The van der Waals surface area contributed by atoms with E-state index in [1.807, 2.05) is 23.6 Å². The van der Waals surface area contributed by atoms with E-state index in [1.165, 1.54) is 22.7 Å². The smallest absolute Gasteiger partial charge is 0.267 e. The third-order valence-electron chi connectivity index (χ3n) is 4.42.